The monoisotopic (exact) mass is 450 g/mol. The maximum absolute atomic E-state index is 12.6. The van der Waals surface area contributed by atoms with Crippen molar-refractivity contribution in [1.29, 1.82) is 0 Å². The summed E-state index contributed by atoms with van der Waals surface area (Å²) in [5.41, 5.74) is 4.19. The molecule has 172 valence electrons. The molecule has 4 aromatic rings. The molecule has 0 aromatic heterocycles. The number of carbonyl (C=O) groups is 1. The molecule has 0 radical (unpaired) electrons. The molecule has 1 heterocycles. The highest BCUT2D eigenvalue weighted by molar-refractivity contribution is 5.94. The number of hydrogen-bond acceptors (Lipinski definition) is 3. The predicted molar refractivity (Wildman–Crippen MR) is 137 cm³/mol. The second-order valence-corrected chi connectivity index (χ2v) is 8.92. The van der Waals surface area contributed by atoms with Crippen molar-refractivity contribution in [2.45, 2.75) is 31.6 Å². The molecule has 1 fully saturated rings. The molecule has 0 bridgehead atoms. The third-order valence-electron chi connectivity index (χ3n) is 6.60. The summed E-state index contributed by atoms with van der Waals surface area (Å²) in [7, 11) is 0. The van der Waals surface area contributed by atoms with Crippen molar-refractivity contribution in [1.82, 2.24) is 10.6 Å². The molecule has 5 rings (SSSR count). The smallest absolute Gasteiger partial charge is 0.251 e. The van der Waals surface area contributed by atoms with Gasteiger partial charge in [0.05, 0.1) is 12.7 Å². The lowest BCUT2D eigenvalue weighted by molar-refractivity contribution is 0.0106. The lowest BCUT2D eigenvalue weighted by Crippen LogP contribution is -2.41. The second-order valence-electron chi connectivity index (χ2n) is 8.92. The number of nitrogens with one attached hydrogen (secondary N) is 2. The molecular weight excluding hydrogens is 420 g/mol. The highest BCUT2D eigenvalue weighted by atomic mass is 16.5. The van der Waals surface area contributed by atoms with Gasteiger partial charge in [-0.15, -0.1) is 0 Å². The Morgan fingerprint density at radius 1 is 0.853 bits per heavy atom. The number of piperidine rings is 1. The summed E-state index contributed by atoms with van der Waals surface area (Å²) >= 11 is 0. The van der Waals surface area contributed by atoms with Crippen LogP contribution in [-0.2, 0) is 17.9 Å². The molecule has 1 amide bonds. The summed E-state index contributed by atoms with van der Waals surface area (Å²) < 4.78 is 6.41. The lowest BCUT2D eigenvalue weighted by Gasteiger charge is -2.32. The first-order valence-electron chi connectivity index (χ1n) is 12.0. The molecule has 1 aliphatic rings. The number of benzene rings is 4. The van der Waals surface area contributed by atoms with Crippen LogP contribution < -0.4 is 10.6 Å². The Labute approximate surface area is 201 Å². The van der Waals surface area contributed by atoms with E-state index in [0.29, 0.717) is 24.6 Å². The summed E-state index contributed by atoms with van der Waals surface area (Å²) in [5, 5.41) is 8.96. The van der Waals surface area contributed by atoms with E-state index in [0.717, 1.165) is 25.1 Å². The van der Waals surface area contributed by atoms with Crippen LogP contribution in [0.1, 0.15) is 39.4 Å². The molecule has 0 spiro atoms. The molecule has 0 aliphatic carbocycles. The summed E-state index contributed by atoms with van der Waals surface area (Å²) in [6.07, 6.45) is 1.11. The minimum Gasteiger partial charge on any atom is -0.372 e. The average molecular weight is 451 g/mol. The number of fused-ring (bicyclic) bond motifs is 1. The molecule has 2 unspecified atom stereocenters. The minimum atomic E-state index is -0.0511. The summed E-state index contributed by atoms with van der Waals surface area (Å²) in [4.78, 5) is 12.6. The quantitative estimate of drug-likeness (QED) is 0.395. The number of ether oxygens (including phenoxy) is 1. The Hall–Kier alpha value is -3.47. The highest BCUT2D eigenvalue weighted by Gasteiger charge is 2.27. The van der Waals surface area contributed by atoms with Crippen molar-refractivity contribution in [3.8, 4) is 0 Å². The van der Waals surface area contributed by atoms with Gasteiger partial charge in [0.15, 0.2) is 0 Å². The minimum absolute atomic E-state index is 0.0511. The van der Waals surface area contributed by atoms with Crippen molar-refractivity contribution < 1.29 is 9.53 Å². The summed E-state index contributed by atoms with van der Waals surface area (Å²) in [6, 6.07) is 32.9. The van der Waals surface area contributed by atoms with Gasteiger partial charge in [-0.25, -0.2) is 0 Å². The van der Waals surface area contributed by atoms with Gasteiger partial charge in [-0.2, -0.15) is 0 Å². The number of hydrogen-bond donors (Lipinski definition) is 2. The van der Waals surface area contributed by atoms with Crippen LogP contribution in [0.3, 0.4) is 0 Å². The van der Waals surface area contributed by atoms with E-state index in [-0.39, 0.29) is 12.0 Å². The van der Waals surface area contributed by atoms with Crippen molar-refractivity contribution in [2.24, 2.45) is 0 Å². The standard InChI is InChI=1S/C30H30N2O2/c33-30(32-19-22-6-2-1-3-7-22)26-14-12-25(13-15-26)28-16-17-31-20-29(28)34-21-23-10-11-24-8-4-5-9-27(24)18-23/h1-15,18,28-29,31H,16-17,19-21H2,(H,32,33). The first-order chi connectivity index (χ1) is 16.8. The fourth-order valence-electron chi connectivity index (χ4n) is 4.68. The normalized spacial score (nSPS) is 18.0. The van der Waals surface area contributed by atoms with E-state index in [1.807, 2.05) is 42.5 Å². The lowest BCUT2D eigenvalue weighted by atomic mass is 9.87. The van der Waals surface area contributed by atoms with Gasteiger partial charge < -0.3 is 15.4 Å². The zero-order valence-electron chi connectivity index (χ0n) is 19.2. The van der Waals surface area contributed by atoms with Gasteiger partial charge in [-0.1, -0.05) is 78.9 Å². The van der Waals surface area contributed by atoms with Crippen LogP contribution in [0.5, 0.6) is 0 Å². The molecule has 0 saturated carbocycles. The summed E-state index contributed by atoms with van der Waals surface area (Å²) in [6.45, 7) is 2.92. The molecule has 1 saturated heterocycles. The van der Waals surface area contributed by atoms with Crippen molar-refractivity contribution in [3.05, 3.63) is 119 Å². The molecule has 1 aliphatic heterocycles. The SMILES string of the molecule is O=C(NCc1ccccc1)c1ccc(C2CCNCC2OCc2ccc3ccccc3c2)cc1. The second kappa shape index (κ2) is 10.6. The molecule has 2 atom stereocenters. The Bertz CT molecular complexity index is 1240. The average Bonchev–Trinajstić information content (AvgIpc) is 2.91. The van der Waals surface area contributed by atoms with E-state index in [1.165, 1.54) is 21.9 Å². The zero-order valence-corrected chi connectivity index (χ0v) is 19.2. The van der Waals surface area contributed by atoms with Crippen molar-refractivity contribution in [2.75, 3.05) is 13.1 Å². The number of rotatable bonds is 7. The van der Waals surface area contributed by atoms with Gasteiger partial charge in [0, 0.05) is 24.6 Å². The van der Waals surface area contributed by atoms with Crippen LogP contribution in [0, 0.1) is 0 Å². The van der Waals surface area contributed by atoms with Gasteiger partial charge in [0.2, 0.25) is 0 Å². The first-order valence-corrected chi connectivity index (χ1v) is 12.0. The Balaban J connectivity index is 1.22. The maximum Gasteiger partial charge on any atom is 0.251 e. The van der Waals surface area contributed by atoms with Crippen LogP contribution in [0.2, 0.25) is 0 Å². The third-order valence-corrected chi connectivity index (χ3v) is 6.60. The fraction of sp³-hybridized carbons (Fsp3) is 0.233. The molecule has 4 nitrogen and oxygen atoms in total. The van der Waals surface area contributed by atoms with Crippen LogP contribution in [0.15, 0.2) is 97.1 Å². The van der Waals surface area contributed by atoms with Crippen LogP contribution >= 0.6 is 0 Å². The highest BCUT2D eigenvalue weighted by Crippen LogP contribution is 2.29. The van der Waals surface area contributed by atoms with Crippen molar-refractivity contribution >= 4 is 16.7 Å². The predicted octanol–water partition coefficient (Wildman–Crippen LogP) is 5.43. The van der Waals surface area contributed by atoms with Crippen molar-refractivity contribution in [3.63, 3.8) is 0 Å². The van der Waals surface area contributed by atoms with E-state index in [2.05, 4.69) is 65.2 Å². The van der Waals surface area contributed by atoms with Crippen LogP contribution in [0.25, 0.3) is 10.8 Å². The van der Waals surface area contributed by atoms with Gasteiger partial charge in [-0.3, -0.25) is 4.79 Å². The Kier molecular flexibility index (Phi) is 6.99. The molecule has 4 heteroatoms. The molecule has 2 N–H and O–H groups in total. The van der Waals surface area contributed by atoms with Gasteiger partial charge in [-0.05, 0) is 58.6 Å². The molecule has 4 aromatic carbocycles. The number of amides is 1. The molecular formula is C30H30N2O2. The van der Waals surface area contributed by atoms with Gasteiger partial charge in [0.1, 0.15) is 0 Å². The number of carbonyl (C=O) groups excluding carboxylic acids is 1. The first kappa shape index (κ1) is 22.3. The van der Waals surface area contributed by atoms with Crippen LogP contribution in [0.4, 0.5) is 0 Å². The van der Waals surface area contributed by atoms with E-state index < -0.39 is 0 Å². The molecule has 34 heavy (non-hydrogen) atoms. The van der Waals surface area contributed by atoms with E-state index in [9.17, 15) is 4.79 Å². The fourth-order valence-corrected chi connectivity index (χ4v) is 4.68. The van der Waals surface area contributed by atoms with Gasteiger partial charge >= 0.3 is 0 Å². The largest absolute Gasteiger partial charge is 0.372 e. The Morgan fingerprint density at radius 2 is 1.62 bits per heavy atom. The van der Waals surface area contributed by atoms with E-state index in [1.54, 1.807) is 0 Å². The van der Waals surface area contributed by atoms with E-state index in [4.69, 9.17) is 4.74 Å². The van der Waals surface area contributed by atoms with Crippen LogP contribution in [-0.4, -0.2) is 25.1 Å². The Morgan fingerprint density at radius 3 is 2.44 bits per heavy atom. The van der Waals surface area contributed by atoms with E-state index >= 15 is 0 Å². The third kappa shape index (κ3) is 5.36. The summed E-state index contributed by atoms with van der Waals surface area (Å²) in [5.74, 6) is 0.257. The maximum atomic E-state index is 12.6. The zero-order chi connectivity index (χ0) is 23.2. The topological polar surface area (TPSA) is 50.4 Å². The van der Waals surface area contributed by atoms with Gasteiger partial charge in [0.25, 0.3) is 5.91 Å².